The van der Waals surface area contributed by atoms with E-state index in [-0.39, 0.29) is 5.52 Å². The molecule has 2 nitrogen and oxygen atoms in total. The van der Waals surface area contributed by atoms with Gasteiger partial charge < -0.3 is 4.74 Å². The predicted octanol–water partition coefficient (Wildman–Crippen LogP) is 8.62. The number of aryl methyl sites for hydroxylation is 1. The van der Waals surface area contributed by atoms with E-state index < -0.39 is 11.7 Å². The minimum absolute atomic E-state index is 0.0410. The molecule has 0 spiro atoms. The molecule has 0 bridgehead atoms. The first-order chi connectivity index (χ1) is 18.5. The van der Waals surface area contributed by atoms with Gasteiger partial charge in [-0.15, -0.1) is 0 Å². The van der Waals surface area contributed by atoms with Crippen LogP contribution in [0.2, 0.25) is 0 Å². The van der Waals surface area contributed by atoms with Crippen LogP contribution in [-0.2, 0) is 19.0 Å². The monoisotopic (exact) mass is 509 g/mol. The zero-order valence-corrected chi connectivity index (χ0v) is 20.7. The summed E-state index contributed by atoms with van der Waals surface area (Å²) in [5.74, 6) is 1.04. The molecule has 4 aromatic carbocycles. The van der Waals surface area contributed by atoms with Gasteiger partial charge in [-0.25, -0.2) is 0 Å². The Labute approximate surface area is 219 Å². The lowest BCUT2D eigenvalue weighted by molar-refractivity contribution is -0.136. The smallest absolute Gasteiger partial charge is 0.418 e. The van der Waals surface area contributed by atoms with Crippen molar-refractivity contribution in [1.29, 1.82) is 0 Å². The highest BCUT2D eigenvalue weighted by atomic mass is 19.4. The number of hydrogen-bond donors (Lipinski definition) is 0. The fourth-order valence-corrected chi connectivity index (χ4v) is 5.54. The van der Waals surface area contributed by atoms with Crippen LogP contribution in [0.1, 0.15) is 40.2 Å². The largest absolute Gasteiger partial charge is 0.493 e. The van der Waals surface area contributed by atoms with Crippen LogP contribution < -0.4 is 4.74 Å². The summed E-state index contributed by atoms with van der Waals surface area (Å²) in [7, 11) is 0. The minimum Gasteiger partial charge on any atom is -0.493 e. The van der Waals surface area contributed by atoms with Gasteiger partial charge in [0.05, 0.1) is 17.7 Å². The van der Waals surface area contributed by atoms with Gasteiger partial charge in [-0.1, -0.05) is 78.9 Å². The summed E-state index contributed by atoms with van der Waals surface area (Å²) in [4.78, 5) is 4.31. The molecular weight excluding hydrogens is 483 g/mol. The molecule has 0 radical (unpaired) electrons. The van der Waals surface area contributed by atoms with E-state index in [1.54, 1.807) is 12.3 Å². The average molecular weight is 510 g/mol. The summed E-state index contributed by atoms with van der Waals surface area (Å²) in [6, 6.07) is 30.3. The van der Waals surface area contributed by atoms with E-state index in [4.69, 9.17) is 4.74 Å². The van der Waals surface area contributed by atoms with Crippen LogP contribution in [0.15, 0.2) is 103 Å². The van der Waals surface area contributed by atoms with E-state index in [2.05, 4.69) is 29.2 Å². The summed E-state index contributed by atoms with van der Waals surface area (Å²) in [6.45, 7) is 0.562. The van der Waals surface area contributed by atoms with Crippen LogP contribution in [0.25, 0.3) is 22.0 Å². The molecule has 1 aliphatic rings. The average Bonchev–Trinajstić information content (AvgIpc) is 3.35. The summed E-state index contributed by atoms with van der Waals surface area (Å²) in [5.41, 5.74) is 5.45. The Morgan fingerprint density at radius 2 is 1.63 bits per heavy atom. The number of fused-ring (bicyclic) bond motifs is 2. The van der Waals surface area contributed by atoms with Crippen LogP contribution in [0.4, 0.5) is 13.2 Å². The number of ether oxygens (including phenoxy) is 1. The molecule has 1 aliphatic carbocycles. The molecule has 0 saturated heterocycles. The zero-order valence-electron chi connectivity index (χ0n) is 20.7. The van der Waals surface area contributed by atoms with E-state index in [9.17, 15) is 13.2 Å². The first-order valence-electron chi connectivity index (χ1n) is 12.8. The summed E-state index contributed by atoms with van der Waals surface area (Å²) in [6.07, 6.45) is -0.247. The third-order valence-electron chi connectivity index (χ3n) is 7.35. The Balaban J connectivity index is 1.40. The Kier molecular flexibility index (Phi) is 6.36. The summed E-state index contributed by atoms with van der Waals surface area (Å²) >= 11 is 0. The third kappa shape index (κ3) is 4.76. The first-order valence-corrected chi connectivity index (χ1v) is 12.8. The maximum Gasteiger partial charge on any atom is 0.418 e. The van der Waals surface area contributed by atoms with E-state index in [1.165, 1.54) is 17.2 Å². The van der Waals surface area contributed by atoms with Gasteiger partial charge in [-0.3, -0.25) is 4.98 Å². The maximum absolute atomic E-state index is 13.9. The lowest BCUT2D eigenvalue weighted by Gasteiger charge is -2.18. The van der Waals surface area contributed by atoms with Gasteiger partial charge in [-0.05, 0) is 70.8 Å². The highest BCUT2D eigenvalue weighted by Crippen LogP contribution is 2.40. The van der Waals surface area contributed by atoms with Crippen molar-refractivity contribution >= 4 is 10.9 Å². The number of nitrogens with zero attached hydrogens (tertiary/aromatic N) is 1. The molecule has 0 fully saturated rings. The molecule has 5 aromatic rings. The molecule has 1 atom stereocenters. The molecule has 38 heavy (non-hydrogen) atoms. The normalized spacial score (nSPS) is 15.0. The topological polar surface area (TPSA) is 22.1 Å². The number of para-hydroxylation sites is 1. The molecule has 5 heteroatoms. The van der Waals surface area contributed by atoms with E-state index in [0.29, 0.717) is 30.1 Å². The Bertz CT molecular complexity index is 1590. The van der Waals surface area contributed by atoms with Gasteiger partial charge in [0.1, 0.15) is 5.75 Å². The number of pyridine rings is 1. The van der Waals surface area contributed by atoms with Crippen molar-refractivity contribution in [2.45, 2.75) is 31.4 Å². The molecule has 1 aromatic heterocycles. The van der Waals surface area contributed by atoms with Gasteiger partial charge >= 0.3 is 6.18 Å². The number of rotatable bonds is 6. The van der Waals surface area contributed by atoms with Crippen LogP contribution in [0.5, 0.6) is 5.75 Å². The molecule has 1 unspecified atom stereocenters. The Morgan fingerprint density at radius 3 is 2.47 bits per heavy atom. The fourth-order valence-electron chi connectivity index (χ4n) is 5.54. The third-order valence-corrected chi connectivity index (χ3v) is 7.35. The number of alkyl halides is 3. The van der Waals surface area contributed by atoms with Crippen molar-refractivity contribution in [2.75, 3.05) is 6.61 Å². The second-order valence-electron chi connectivity index (χ2n) is 9.79. The Hall–Kier alpha value is -4.12. The van der Waals surface area contributed by atoms with E-state index in [0.717, 1.165) is 41.2 Å². The van der Waals surface area contributed by atoms with Crippen molar-refractivity contribution in [2.24, 2.45) is 0 Å². The molecule has 190 valence electrons. The van der Waals surface area contributed by atoms with Gasteiger partial charge in [0.2, 0.25) is 0 Å². The molecule has 0 amide bonds. The van der Waals surface area contributed by atoms with Gasteiger partial charge in [-0.2, -0.15) is 13.2 Å². The SMILES string of the molecule is FC(F)(F)c1cccc2c(-c3cccc(OCC4CCc5ccccc54)c3)c(Cc3ccccc3)cnc12. The predicted molar refractivity (Wildman–Crippen MR) is 144 cm³/mol. The van der Waals surface area contributed by atoms with Gasteiger partial charge in [0, 0.05) is 17.5 Å². The van der Waals surface area contributed by atoms with Crippen molar-refractivity contribution in [1.82, 2.24) is 4.98 Å². The second-order valence-corrected chi connectivity index (χ2v) is 9.79. The summed E-state index contributed by atoms with van der Waals surface area (Å²) < 4.78 is 47.8. The van der Waals surface area contributed by atoms with Crippen molar-refractivity contribution < 1.29 is 17.9 Å². The molecule has 0 aliphatic heterocycles. The van der Waals surface area contributed by atoms with Crippen molar-refractivity contribution in [3.05, 3.63) is 131 Å². The molecule has 6 rings (SSSR count). The lowest BCUT2D eigenvalue weighted by Crippen LogP contribution is -2.08. The number of benzene rings is 4. The summed E-state index contributed by atoms with van der Waals surface area (Å²) in [5, 5.41) is 0.482. The van der Waals surface area contributed by atoms with Crippen molar-refractivity contribution in [3.63, 3.8) is 0 Å². The van der Waals surface area contributed by atoms with Crippen LogP contribution >= 0.6 is 0 Å². The first kappa shape index (κ1) is 24.2. The molecule has 0 saturated carbocycles. The van der Waals surface area contributed by atoms with Crippen LogP contribution in [0, 0.1) is 0 Å². The standard InChI is InChI=1S/C33H26F3NO/c34-33(35,36)30-15-7-14-29-31(26(20-37-32(29)30)18-22-8-2-1-3-9-22)24-11-6-12-27(19-24)38-21-25-17-16-23-10-4-5-13-28(23)25/h1-15,19-20,25H,16-18,21H2. The van der Waals surface area contributed by atoms with Gasteiger partial charge in [0.25, 0.3) is 0 Å². The highest BCUT2D eigenvalue weighted by Gasteiger charge is 2.33. The lowest BCUT2D eigenvalue weighted by atomic mass is 9.91. The second kappa shape index (κ2) is 9.97. The van der Waals surface area contributed by atoms with E-state index in [1.807, 2.05) is 54.6 Å². The zero-order chi connectivity index (χ0) is 26.1. The Morgan fingerprint density at radius 1 is 0.842 bits per heavy atom. The fraction of sp³-hybridized carbons (Fsp3) is 0.182. The number of halogens is 3. The molecule has 1 heterocycles. The van der Waals surface area contributed by atoms with E-state index >= 15 is 0 Å². The van der Waals surface area contributed by atoms with Crippen LogP contribution in [0.3, 0.4) is 0 Å². The minimum atomic E-state index is -4.49. The molecular formula is C33H26F3NO. The molecule has 0 N–H and O–H groups in total. The number of hydrogen-bond acceptors (Lipinski definition) is 2. The van der Waals surface area contributed by atoms with Crippen LogP contribution in [-0.4, -0.2) is 11.6 Å². The number of aromatic nitrogens is 1. The quantitative estimate of drug-likeness (QED) is 0.229. The van der Waals surface area contributed by atoms with Gasteiger partial charge in [0.15, 0.2) is 0 Å². The van der Waals surface area contributed by atoms with Crippen molar-refractivity contribution in [3.8, 4) is 16.9 Å². The maximum atomic E-state index is 13.9. The highest BCUT2D eigenvalue weighted by molar-refractivity contribution is 5.98.